The zero-order valence-corrected chi connectivity index (χ0v) is 17.6. The van der Waals surface area contributed by atoms with E-state index in [0.717, 1.165) is 33.1 Å². The second-order valence-electron chi connectivity index (χ2n) is 6.91. The Bertz CT molecular complexity index is 1140. The number of benzene rings is 1. The highest BCUT2D eigenvalue weighted by Crippen LogP contribution is 2.33. The number of nitrogens with zero attached hydrogens (tertiary/aromatic N) is 3. The van der Waals surface area contributed by atoms with Gasteiger partial charge in [-0.15, -0.1) is 0 Å². The standard InChI is InChI=1S/C21H19ClN4OS/c1-11-5-6-16(22)9-18(11)26-12(2)7-15(14(26)4)8-17-19(23)25-10-13(3)28-21(25)24-20(17)27/h5-10,23H,1-4H3/b17-8-,23-19?. The first-order valence-corrected chi connectivity index (χ1v) is 10.0. The zero-order valence-electron chi connectivity index (χ0n) is 16.0. The Morgan fingerprint density at radius 2 is 1.93 bits per heavy atom. The highest BCUT2D eigenvalue weighted by Gasteiger charge is 2.33. The van der Waals surface area contributed by atoms with E-state index in [1.807, 2.05) is 58.2 Å². The third-order valence-electron chi connectivity index (χ3n) is 4.88. The smallest absolute Gasteiger partial charge is 0.283 e. The Kier molecular flexibility index (Phi) is 4.56. The first-order chi connectivity index (χ1) is 13.3. The maximum Gasteiger partial charge on any atom is 0.283 e. The van der Waals surface area contributed by atoms with E-state index in [1.165, 1.54) is 11.8 Å². The summed E-state index contributed by atoms with van der Waals surface area (Å²) in [6, 6.07) is 7.82. The van der Waals surface area contributed by atoms with E-state index in [-0.39, 0.29) is 11.7 Å². The Labute approximate surface area is 172 Å². The van der Waals surface area contributed by atoms with Crippen LogP contribution in [0.5, 0.6) is 0 Å². The first-order valence-electron chi connectivity index (χ1n) is 8.81. The number of carbonyl (C=O) groups is 1. The van der Waals surface area contributed by atoms with Crippen molar-refractivity contribution in [2.45, 2.75) is 27.7 Å². The van der Waals surface area contributed by atoms with Crippen LogP contribution in [0.25, 0.3) is 11.8 Å². The number of aryl methyl sites for hydroxylation is 2. The molecule has 0 unspecified atom stereocenters. The van der Waals surface area contributed by atoms with Crippen molar-refractivity contribution in [1.29, 1.82) is 5.41 Å². The molecule has 1 N–H and O–H groups in total. The van der Waals surface area contributed by atoms with Gasteiger partial charge in [0.1, 0.15) is 5.84 Å². The highest BCUT2D eigenvalue weighted by molar-refractivity contribution is 8.17. The van der Waals surface area contributed by atoms with Crippen molar-refractivity contribution in [3.05, 3.63) is 68.5 Å². The zero-order chi connectivity index (χ0) is 20.2. The van der Waals surface area contributed by atoms with Gasteiger partial charge in [0.25, 0.3) is 5.91 Å². The van der Waals surface area contributed by atoms with Crippen LogP contribution >= 0.6 is 23.4 Å². The van der Waals surface area contributed by atoms with Crippen molar-refractivity contribution in [3.8, 4) is 5.69 Å². The number of rotatable bonds is 2. The van der Waals surface area contributed by atoms with Crippen LogP contribution in [0.1, 0.15) is 29.4 Å². The van der Waals surface area contributed by atoms with E-state index in [0.29, 0.717) is 15.8 Å². The predicted molar refractivity (Wildman–Crippen MR) is 116 cm³/mol. The number of halogens is 1. The van der Waals surface area contributed by atoms with Gasteiger partial charge >= 0.3 is 0 Å². The van der Waals surface area contributed by atoms with Gasteiger partial charge < -0.3 is 4.57 Å². The maximum absolute atomic E-state index is 12.5. The van der Waals surface area contributed by atoms with Gasteiger partial charge in [-0.3, -0.25) is 15.1 Å². The summed E-state index contributed by atoms with van der Waals surface area (Å²) in [6.45, 7) is 8.00. The van der Waals surface area contributed by atoms with Crippen LogP contribution in [-0.4, -0.2) is 26.4 Å². The second kappa shape index (κ2) is 6.79. The quantitative estimate of drug-likeness (QED) is 0.690. The molecule has 1 amide bonds. The van der Waals surface area contributed by atoms with E-state index >= 15 is 0 Å². The molecular weight excluding hydrogens is 392 g/mol. The molecule has 0 bridgehead atoms. The summed E-state index contributed by atoms with van der Waals surface area (Å²) in [6.07, 6.45) is 3.60. The van der Waals surface area contributed by atoms with Crippen molar-refractivity contribution >= 4 is 46.3 Å². The molecule has 4 rings (SSSR count). The number of aromatic nitrogens is 1. The Morgan fingerprint density at radius 3 is 2.68 bits per heavy atom. The van der Waals surface area contributed by atoms with Gasteiger partial charge in [0.2, 0.25) is 0 Å². The molecule has 28 heavy (non-hydrogen) atoms. The van der Waals surface area contributed by atoms with Crippen molar-refractivity contribution < 1.29 is 4.79 Å². The van der Waals surface area contributed by atoms with Crippen molar-refractivity contribution in [2.24, 2.45) is 4.99 Å². The van der Waals surface area contributed by atoms with E-state index < -0.39 is 0 Å². The van der Waals surface area contributed by atoms with Gasteiger partial charge in [0.15, 0.2) is 5.17 Å². The molecule has 0 spiro atoms. The van der Waals surface area contributed by atoms with E-state index in [9.17, 15) is 4.79 Å². The summed E-state index contributed by atoms with van der Waals surface area (Å²) in [5.41, 5.74) is 5.30. The van der Waals surface area contributed by atoms with E-state index in [2.05, 4.69) is 9.56 Å². The van der Waals surface area contributed by atoms with Crippen LogP contribution in [0.2, 0.25) is 5.02 Å². The molecule has 142 valence electrons. The van der Waals surface area contributed by atoms with Crippen molar-refractivity contribution in [1.82, 2.24) is 9.47 Å². The molecule has 2 aliphatic heterocycles. The molecule has 5 nitrogen and oxygen atoms in total. The number of carbonyl (C=O) groups excluding carboxylic acids is 1. The number of thioether (sulfide) groups is 1. The molecule has 0 aliphatic carbocycles. The number of nitrogens with one attached hydrogen (secondary N) is 1. The average molecular weight is 411 g/mol. The van der Waals surface area contributed by atoms with Gasteiger partial charge in [0.05, 0.1) is 5.57 Å². The monoisotopic (exact) mass is 410 g/mol. The molecule has 1 aromatic heterocycles. The van der Waals surface area contributed by atoms with Crippen LogP contribution in [0.4, 0.5) is 0 Å². The molecule has 0 saturated heterocycles. The molecule has 1 aromatic carbocycles. The molecule has 7 heteroatoms. The SMILES string of the molecule is CC1=CN2C(=N)/C(=C/c3cc(C)n(-c4cc(Cl)ccc4C)c3C)C(=O)N=C2S1. The number of hydrogen-bond acceptors (Lipinski definition) is 3. The van der Waals surface area contributed by atoms with Crippen LogP contribution in [-0.2, 0) is 4.79 Å². The number of amidine groups is 2. The normalized spacial score (nSPS) is 17.9. The molecule has 0 fully saturated rings. The van der Waals surface area contributed by atoms with Gasteiger partial charge in [0, 0.05) is 33.2 Å². The minimum atomic E-state index is -0.379. The van der Waals surface area contributed by atoms with Crippen LogP contribution in [0, 0.1) is 26.2 Å². The largest absolute Gasteiger partial charge is 0.318 e. The fraction of sp³-hybridized carbons (Fsp3) is 0.190. The van der Waals surface area contributed by atoms with Crippen molar-refractivity contribution in [2.75, 3.05) is 0 Å². The van der Waals surface area contributed by atoms with Crippen LogP contribution < -0.4 is 0 Å². The summed E-state index contributed by atoms with van der Waals surface area (Å²) in [5.74, 6) is -0.223. The maximum atomic E-state index is 12.5. The first kappa shape index (κ1) is 18.8. The molecule has 0 atom stereocenters. The third-order valence-corrected chi connectivity index (χ3v) is 6.01. The molecular formula is C21H19ClN4OS. The molecule has 2 aromatic rings. The summed E-state index contributed by atoms with van der Waals surface area (Å²) >= 11 is 7.62. The fourth-order valence-electron chi connectivity index (χ4n) is 3.49. The topological polar surface area (TPSA) is 61.5 Å². The lowest BCUT2D eigenvalue weighted by molar-refractivity contribution is -0.114. The van der Waals surface area contributed by atoms with Crippen LogP contribution in [0.15, 0.2) is 45.9 Å². The molecule has 3 heterocycles. The van der Waals surface area contributed by atoms with E-state index in [4.69, 9.17) is 17.0 Å². The number of amides is 1. The summed E-state index contributed by atoms with van der Waals surface area (Å²) < 4.78 is 2.12. The Morgan fingerprint density at radius 1 is 1.18 bits per heavy atom. The third kappa shape index (κ3) is 3.02. The fourth-order valence-corrected chi connectivity index (χ4v) is 4.47. The Balaban J connectivity index is 1.81. The van der Waals surface area contributed by atoms with Gasteiger partial charge in [-0.05, 0) is 63.1 Å². The predicted octanol–water partition coefficient (Wildman–Crippen LogP) is 5.22. The number of hydrogen-bond donors (Lipinski definition) is 1. The molecule has 2 aliphatic rings. The van der Waals surface area contributed by atoms with Crippen LogP contribution in [0.3, 0.4) is 0 Å². The average Bonchev–Trinajstić information content (AvgIpc) is 3.13. The van der Waals surface area contributed by atoms with Gasteiger partial charge in [-0.2, -0.15) is 4.99 Å². The number of fused-ring (bicyclic) bond motifs is 1. The lowest BCUT2D eigenvalue weighted by Gasteiger charge is -2.22. The van der Waals surface area contributed by atoms with Gasteiger partial charge in [-0.1, -0.05) is 29.4 Å². The molecule has 0 radical (unpaired) electrons. The second-order valence-corrected chi connectivity index (χ2v) is 8.56. The number of allylic oxidation sites excluding steroid dienone is 1. The lowest BCUT2D eigenvalue weighted by Crippen LogP contribution is -2.35. The lowest BCUT2D eigenvalue weighted by atomic mass is 10.1. The summed E-state index contributed by atoms with van der Waals surface area (Å²) in [4.78, 5) is 19.4. The number of aliphatic imine (C=N–C) groups is 1. The molecule has 0 saturated carbocycles. The van der Waals surface area contributed by atoms with Crippen molar-refractivity contribution in [3.63, 3.8) is 0 Å². The minimum absolute atomic E-state index is 0.156. The summed E-state index contributed by atoms with van der Waals surface area (Å²) in [5, 5.41) is 9.69. The summed E-state index contributed by atoms with van der Waals surface area (Å²) in [7, 11) is 0. The van der Waals surface area contributed by atoms with E-state index in [1.54, 1.807) is 11.0 Å². The Hall–Kier alpha value is -2.57. The minimum Gasteiger partial charge on any atom is -0.318 e. The highest BCUT2D eigenvalue weighted by atomic mass is 35.5. The van der Waals surface area contributed by atoms with Gasteiger partial charge in [-0.25, -0.2) is 0 Å².